The topological polar surface area (TPSA) is 88.3 Å². The van der Waals surface area contributed by atoms with E-state index in [0.29, 0.717) is 18.5 Å². The average molecular weight is 423 g/mol. The first-order chi connectivity index (χ1) is 14.7. The Labute approximate surface area is 185 Å². The smallest absolute Gasteiger partial charge is 0.255 e. The van der Waals surface area contributed by atoms with Crippen molar-refractivity contribution in [3.8, 4) is 0 Å². The van der Waals surface area contributed by atoms with Gasteiger partial charge in [0.1, 0.15) is 0 Å². The Kier molecular flexibility index (Phi) is 7.44. The summed E-state index contributed by atoms with van der Waals surface area (Å²) in [4.78, 5) is 32.0. The van der Waals surface area contributed by atoms with Crippen molar-refractivity contribution in [2.24, 2.45) is 11.1 Å². The number of pyridine rings is 1. The Hall–Kier alpha value is -2.73. The van der Waals surface area contributed by atoms with Crippen molar-refractivity contribution < 1.29 is 9.59 Å². The second-order valence-corrected chi connectivity index (χ2v) is 9.67. The van der Waals surface area contributed by atoms with Crippen LogP contribution in [-0.4, -0.2) is 33.8 Å². The summed E-state index contributed by atoms with van der Waals surface area (Å²) in [5.41, 5.74) is 8.23. The van der Waals surface area contributed by atoms with Gasteiger partial charge in [0, 0.05) is 48.7 Å². The third-order valence-electron chi connectivity index (χ3n) is 5.73. The third kappa shape index (κ3) is 6.62. The predicted molar refractivity (Wildman–Crippen MR) is 123 cm³/mol. The van der Waals surface area contributed by atoms with E-state index in [1.54, 1.807) is 24.5 Å². The van der Waals surface area contributed by atoms with Gasteiger partial charge in [0.15, 0.2) is 0 Å². The van der Waals surface area contributed by atoms with E-state index in [9.17, 15) is 9.59 Å². The van der Waals surface area contributed by atoms with Crippen LogP contribution in [0, 0.1) is 5.41 Å². The number of nitrogens with one attached hydrogen (secondary N) is 1. The lowest BCUT2D eigenvalue weighted by atomic mass is 9.88. The minimum absolute atomic E-state index is 0.0878. The molecule has 3 N–H and O–H groups in total. The summed E-state index contributed by atoms with van der Waals surface area (Å²) >= 11 is 0. The first-order valence-corrected chi connectivity index (χ1v) is 11.1. The quantitative estimate of drug-likeness (QED) is 0.724. The first kappa shape index (κ1) is 22.9. The van der Waals surface area contributed by atoms with Crippen molar-refractivity contribution in [1.82, 2.24) is 9.88 Å². The molecular formula is C25H34N4O2. The normalized spacial score (nSPS) is 19.0. The standard InChI is InChI=1S/C25H34N4O2/c1-25(2,3)16-23(30)29(21-10-8-20(26)9-11-21)17-19-6-4-5-7-22(19)28-24(31)18-12-14-27-15-13-18/h4-7,12-15,20-21H,8-11,16-17,26H2,1-3H3,(H,28,31). The maximum absolute atomic E-state index is 13.3. The fraction of sp³-hybridized carbons (Fsp3) is 0.480. The number of hydrogen-bond donors (Lipinski definition) is 2. The highest BCUT2D eigenvalue weighted by atomic mass is 16.2. The van der Waals surface area contributed by atoms with Crippen molar-refractivity contribution in [1.29, 1.82) is 0 Å². The number of benzene rings is 1. The van der Waals surface area contributed by atoms with E-state index < -0.39 is 0 Å². The number of carbonyl (C=O) groups is 2. The summed E-state index contributed by atoms with van der Waals surface area (Å²) in [5.74, 6) is -0.0331. The summed E-state index contributed by atoms with van der Waals surface area (Å²) in [6.07, 6.45) is 7.39. The SMILES string of the molecule is CC(C)(C)CC(=O)N(Cc1ccccc1NC(=O)c1ccncc1)C1CCC(N)CC1. The molecule has 0 aliphatic heterocycles. The van der Waals surface area contributed by atoms with Gasteiger partial charge in [0.25, 0.3) is 5.91 Å². The second kappa shape index (κ2) is 10.1. The molecule has 0 unspecified atom stereocenters. The predicted octanol–water partition coefficient (Wildman–Crippen LogP) is 4.37. The number of anilines is 1. The average Bonchev–Trinajstić information content (AvgIpc) is 2.73. The second-order valence-electron chi connectivity index (χ2n) is 9.67. The van der Waals surface area contributed by atoms with E-state index in [1.807, 2.05) is 29.2 Å². The van der Waals surface area contributed by atoms with Gasteiger partial charge in [-0.05, 0) is 54.9 Å². The molecule has 2 aromatic rings. The number of nitrogens with zero attached hydrogens (tertiary/aromatic N) is 2. The highest BCUT2D eigenvalue weighted by molar-refractivity contribution is 6.04. The molecule has 2 amide bonds. The van der Waals surface area contributed by atoms with Crippen LogP contribution in [0.3, 0.4) is 0 Å². The van der Waals surface area contributed by atoms with Crippen molar-refractivity contribution in [3.05, 3.63) is 59.9 Å². The lowest BCUT2D eigenvalue weighted by Gasteiger charge is -2.38. The number of hydrogen-bond acceptors (Lipinski definition) is 4. The van der Waals surface area contributed by atoms with Gasteiger partial charge in [-0.3, -0.25) is 14.6 Å². The molecule has 0 radical (unpaired) electrons. The molecule has 31 heavy (non-hydrogen) atoms. The lowest BCUT2D eigenvalue weighted by molar-refractivity contribution is -0.137. The summed E-state index contributed by atoms with van der Waals surface area (Å²) in [5, 5.41) is 3.00. The van der Waals surface area contributed by atoms with Crippen LogP contribution in [0.1, 0.15) is 68.8 Å². The van der Waals surface area contributed by atoms with E-state index in [0.717, 1.165) is 36.9 Å². The van der Waals surface area contributed by atoms with Crippen LogP contribution in [-0.2, 0) is 11.3 Å². The minimum atomic E-state index is -0.189. The fourth-order valence-corrected chi connectivity index (χ4v) is 4.05. The largest absolute Gasteiger partial charge is 0.335 e. The molecule has 1 aliphatic rings. The highest BCUT2D eigenvalue weighted by Crippen LogP contribution is 2.29. The van der Waals surface area contributed by atoms with E-state index >= 15 is 0 Å². The highest BCUT2D eigenvalue weighted by Gasteiger charge is 2.30. The number of carbonyl (C=O) groups excluding carboxylic acids is 2. The van der Waals surface area contributed by atoms with Crippen LogP contribution in [0.15, 0.2) is 48.8 Å². The van der Waals surface area contributed by atoms with Crippen LogP contribution in [0.25, 0.3) is 0 Å². The molecule has 1 heterocycles. The molecule has 0 bridgehead atoms. The molecule has 0 atom stereocenters. The van der Waals surface area contributed by atoms with Crippen LogP contribution in [0.5, 0.6) is 0 Å². The molecule has 0 saturated heterocycles. The van der Waals surface area contributed by atoms with E-state index in [-0.39, 0.29) is 29.3 Å². The van der Waals surface area contributed by atoms with Crippen molar-refractivity contribution in [2.75, 3.05) is 5.32 Å². The zero-order valence-electron chi connectivity index (χ0n) is 18.8. The molecule has 1 fully saturated rings. The molecule has 1 aromatic heterocycles. The summed E-state index contributed by atoms with van der Waals surface area (Å²) in [6, 6.07) is 11.5. The summed E-state index contributed by atoms with van der Waals surface area (Å²) < 4.78 is 0. The molecule has 166 valence electrons. The first-order valence-electron chi connectivity index (χ1n) is 11.1. The van der Waals surface area contributed by atoms with Crippen LogP contribution >= 0.6 is 0 Å². The van der Waals surface area contributed by atoms with E-state index in [4.69, 9.17) is 5.73 Å². The summed E-state index contributed by atoms with van der Waals surface area (Å²) in [7, 11) is 0. The van der Waals surface area contributed by atoms with Crippen molar-refractivity contribution in [3.63, 3.8) is 0 Å². The fourth-order valence-electron chi connectivity index (χ4n) is 4.05. The number of para-hydroxylation sites is 1. The zero-order valence-corrected chi connectivity index (χ0v) is 18.8. The number of rotatable bonds is 6. The Balaban J connectivity index is 1.82. The molecule has 1 saturated carbocycles. The van der Waals surface area contributed by atoms with Crippen LogP contribution in [0.4, 0.5) is 5.69 Å². The Morgan fingerprint density at radius 2 is 1.71 bits per heavy atom. The van der Waals surface area contributed by atoms with Crippen LogP contribution < -0.4 is 11.1 Å². The molecule has 3 rings (SSSR count). The Morgan fingerprint density at radius 3 is 2.35 bits per heavy atom. The zero-order chi connectivity index (χ0) is 22.4. The van der Waals surface area contributed by atoms with Gasteiger partial charge in [0.05, 0.1) is 0 Å². The molecule has 6 heteroatoms. The summed E-state index contributed by atoms with van der Waals surface area (Å²) in [6.45, 7) is 6.73. The Bertz CT molecular complexity index is 884. The maximum atomic E-state index is 13.3. The van der Waals surface area contributed by atoms with Gasteiger partial charge in [0.2, 0.25) is 5.91 Å². The van der Waals surface area contributed by atoms with Gasteiger partial charge in [-0.15, -0.1) is 0 Å². The number of amides is 2. The molecular weight excluding hydrogens is 388 g/mol. The molecule has 0 spiro atoms. The van der Waals surface area contributed by atoms with Gasteiger partial charge in [-0.2, -0.15) is 0 Å². The van der Waals surface area contributed by atoms with Gasteiger partial charge >= 0.3 is 0 Å². The van der Waals surface area contributed by atoms with Gasteiger partial charge < -0.3 is 16.0 Å². The molecule has 1 aliphatic carbocycles. The van der Waals surface area contributed by atoms with E-state index in [1.165, 1.54) is 0 Å². The minimum Gasteiger partial charge on any atom is -0.335 e. The maximum Gasteiger partial charge on any atom is 0.255 e. The molecule has 1 aromatic carbocycles. The number of nitrogens with two attached hydrogens (primary N) is 1. The molecule has 6 nitrogen and oxygen atoms in total. The third-order valence-corrected chi connectivity index (χ3v) is 5.73. The Morgan fingerprint density at radius 1 is 1.06 bits per heavy atom. The van der Waals surface area contributed by atoms with Crippen LogP contribution in [0.2, 0.25) is 0 Å². The van der Waals surface area contributed by atoms with Gasteiger partial charge in [-0.25, -0.2) is 0 Å². The number of aromatic nitrogens is 1. The van der Waals surface area contributed by atoms with Gasteiger partial charge in [-0.1, -0.05) is 39.0 Å². The van der Waals surface area contributed by atoms with E-state index in [2.05, 4.69) is 31.1 Å². The van der Waals surface area contributed by atoms with Crippen molar-refractivity contribution in [2.45, 2.75) is 71.5 Å². The monoisotopic (exact) mass is 422 g/mol. The van der Waals surface area contributed by atoms with Crippen molar-refractivity contribution >= 4 is 17.5 Å². The lowest BCUT2D eigenvalue weighted by Crippen LogP contribution is -2.44.